The van der Waals surface area contributed by atoms with Crippen molar-refractivity contribution in [3.63, 3.8) is 0 Å². The first-order valence-electron chi connectivity index (χ1n) is 12.5. The zero-order valence-electron chi connectivity index (χ0n) is 21.4. The van der Waals surface area contributed by atoms with Crippen LogP contribution in [0.5, 0.6) is 0 Å². The molecule has 15 heteroatoms. The van der Waals surface area contributed by atoms with Crippen molar-refractivity contribution in [1.29, 1.82) is 0 Å². The van der Waals surface area contributed by atoms with Crippen LogP contribution in [0.25, 0.3) is 0 Å². The molecule has 0 aliphatic carbocycles. The van der Waals surface area contributed by atoms with Crippen molar-refractivity contribution in [2.45, 2.75) is 37.8 Å². The first kappa shape index (κ1) is 27.6. The number of anilines is 1. The third-order valence-electron chi connectivity index (χ3n) is 7.15. The minimum absolute atomic E-state index is 0.0489. The summed E-state index contributed by atoms with van der Waals surface area (Å²) in [5, 5.41) is 28.3. The second-order valence-electron chi connectivity index (χ2n) is 9.65. The van der Waals surface area contributed by atoms with Crippen LogP contribution in [0.3, 0.4) is 0 Å². The van der Waals surface area contributed by atoms with Crippen molar-refractivity contribution in [3.05, 3.63) is 83.4 Å². The fraction of sp³-hybridized carbons (Fsp3) is 0.400. The SMILES string of the molecule is C[C@@H](N1CCN(c2nnn(Cc3ccc(C(F)(F)F)cc3)n2)CC1)[C@](O)(Cn1cncn1)c1ccc(F)cc1F. The highest BCUT2D eigenvalue weighted by Crippen LogP contribution is 2.33. The summed E-state index contributed by atoms with van der Waals surface area (Å²) in [6.45, 7) is 3.71. The minimum Gasteiger partial charge on any atom is -0.381 e. The molecule has 1 N–H and O–H groups in total. The quantitative estimate of drug-likeness (QED) is 0.327. The largest absolute Gasteiger partial charge is 0.416 e. The molecule has 1 aliphatic rings. The molecule has 0 amide bonds. The average molecular weight is 564 g/mol. The molecular formula is C25H26F5N9O. The lowest BCUT2D eigenvalue weighted by atomic mass is 9.85. The normalized spacial score (nSPS) is 17.1. The maximum atomic E-state index is 14.9. The van der Waals surface area contributed by atoms with E-state index in [4.69, 9.17) is 0 Å². The summed E-state index contributed by atoms with van der Waals surface area (Å²) >= 11 is 0. The van der Waals surface area contributed by atoms with Crippen molar-refractivity contribution < 1.29 is 27.1 Å². The Morgan fingerprint density at radius 3 is 2.35 bits per heavy atom. The fourth-order valence-corrected chi connectivity index (χ4v) is 4.85. The van der Waals surface area contributed by atoms with E-state index in [2.05, 4.69) is 25.5 Å². The van der Waals surface area contributed by atoms with Crippen molar-refractivity contribution in [2.75, 3.05) is 31.1 Å². The Hall–Kier alpha value is -3.98. The van der Waals surface area contributed by atoms with Crippen LogP contribution in [0.4, 0.5) is 27.9 Å². The van der Waals surface area contributed by atoms with Gasteiger partial charge in [0.2, 0.25) is 0 Å². The predicted molar refractivity (Wildman–Crippen MR) is 132 cm³/mol. The van der Waals surface area contributed by atoms with Gasteiger partial charge in [-0.1, -0.05) is 23.3 Å². The summed E-state index contributed by atoms with van der Waals surface area (Å²) in [6, 6.07) is 7.26. The number of aliphatic hydroxyl groups is 1. The number of aromatic nitrogens is 7. The topological polar surface area (TPSA) is 101 Å². The van der Waals surface area contributed by atoms with E-state index >= 15 is 0 Å². The molecule has 3 heterocycles. The zero-order valence-corrected chi connectivity index (χ0v) is 21.4. The lowest BCUT2D eigenvalue weighted by Gasteiger charge is -2.44. The smallest absolute Gasteiger partial charge is 0.381 e. The van der Waals surface area contributed by atoms with Crippen LogP contribution < -0.4 is 4.90 Å². The van der Waals surface area contributed by atoms with E-state index in [1.165, 1.54) is 40.3 Å². The van der Waals surface area contributed by atoms with Crippen molar-refractivity contribution in [1.82, 2.24) is 39.9 Å². The summed E-state index contributed by atoms with van der Waals surface area (Å²) in [5.41, 5.74) is -1.94. The third kappa shape index (κ3) is 5.79. The summed E-state index contributed by atoms with van der Waals surface area (Å²) in [4.78, 5) is 9.09. The van der Waals surface area contributed by atoms with Crippen LogP contribution in [0.2, 0.25) is 0 Å². The van der Waals surface area contributed by atoms with Crippen molar-refractivity contribution in [3.8, 4) is 0 Å². The number of alkyl halides is 3. The van der Waals surface area contributed by atoms with Crippen molar-refractivity contribution >= 4 is 5.95 Å². The van der Waals surface area contributed by atoms with Crippen LogP contribution >= 0.6 is 0 Å². The van der Waals surface area contributed by atoms with Crippen LogP contribution in [-0.2, 0) is 24.9 Å². The van der Waals surface area contributed by atoms with Crippen molar-refractivity contribution in [2.24, 2.45) is 0 Å². The second kappa shape index (κ2) is 10.9. The molecule has 0 spiro atoms. The Labute approximate surface area is 225 Å². The fourth-order valence-electron chi connectivity index (χ4n) is 4.85. The number of rotatable bonds is 8. The van der Waals surface area contributed by atoms with E-state index in [1.54, 1.807) is 6.92 Å². The molecule has 2 aromatic heterocycles. The van der Waals surface area contributed by atoms with Crippen LogP contribution in [0.15, 0.2) is 55.1 Å². The summed E-state index contributed by atoms with van der Waals surface area (Å²) in [6.07, 6.45) is -1.69. The Morgan fingerprint density at radius 1 is 1.00 bits per heavy atom. The molecule has 212 valence electrons. The van der Waals surface area contributed by atoms with Gasteiger partial charge >= 0.3 is 6.18 Å². The van der Waals surface area contributed by atoms with Gasteiger partial charge in [-0.3, -0.25) is 4.90 Å². The lowest BCUT2D eigenvalue weighted by molar-refractivity contribution is -0.137. The zero-order chi connectivity index (χ0) is 28.5. The summed E-state index contributed by atoms with van der Waals surface area (Å²) in [5.74, 6) is -1.24. The molecule has 0 bridgehead atoms. The van der Waals surface area contributed by atoms with Crippen LogP contribution in [0, 0.1) is 11.6 Å². The minimum atomic E-state index is -4.41. The van der Waals surface area contributed by atoms with Gasteiger partial charge in [0.1, 0.15) is 29.9 Å². The Bertz CT molecular complexity index is 1420. The molecular weight excluding hydrogens is 537 g/mol. The highest BCUT2D eigenvalue weighted by Gasteiger charge is 2.43. The number of hydrogen-bond acceptors (Lipinski definition) is 8. The lowest BCUT2D eigenvalue weighted by Crippen LogP contribution is -2.57. The first-order chi connectivity index (χ1) is 19.0. The molecule has 0 saturated carbocycles. The van der Waals surface area contributed by atoms with Gasteiger partial charge in [0, 0.05) is 43.9 Å². The number of piperazine rings is 1. The molecule has 4 aromatic rings. The van der Waals surface area contributed by atoms with E-state index in [1.807, 2.05) is 9.80 Å². The molecule has 0 unspecified atom stereocenters. The summed E-state index contributed by atoms with van der Waals surface area (Å²) in [7, 11) is 0. The van der Waals surface area contributed by atoms with Crippen LogP contribution in [0.1, 0.15) is 23.6 Å². The molecule has 10 nitrogen and oxygen atoms in total. The van der Waals surface area contributed by atoms with Gasteiger partial charge in [-0.2, -0.15) is 23.1 Å². The maximum Gasteiger partial charge on any atom is 0.416 e. The van der Waals surface area contributed by atoms with Gasteiger partial charge in [0.15, 0.2) is 0 Å². The van der Waals surface area contributed by atoms with Gasteiger partial charge < -0.3 is 10.0 Å². The number of halogens is 5. The van der Waals surface area contributed by atoms with E-state index in [0.29, 0.717) is 37.7 Å². The molecule has 1 fully saturated rings. The Morgan fingerprint density at radius 2 is 1.73 bits per heavy atom. The molecule has 40 heavy (non-hydrogen) atoms. The number of nitrogens with zero attached hydrogens (tertiary/aromatic N) is 9. The predicted octanol–water partition coefficient (Wildman–Crippen LogP) is 2.71. The van der Waals surface area contributed by atoms with Gasteiger partial charge in [-0.25, -0.2) is 18.4 Å². The van der Waals surface area contributed by atoms with Gasteiger partial charge in [0.25, 0.3) is 5.95 Å². The van der Waals surface area contributed by atoms with E-state index < -0.39 is 35.0 Å². The monoisotopic (exact) mass is 563 g/mol. The number of hydrogen-bond donors (Lipinski definition) is 1. The molecule has 2 atom stereocenters. The molecule has 2 aromatic carbocycles. The Balaban J connectivity index is 1.25. The standard InChI is InChI=1S/C25H26F5N9O/c1-17(24(40,14-38-16-31-15-32-38)21-7-6-20(26)12-22(21)27)36-8-10-37(11-9-36)23-33-35-39(34-23)13-18-2-4-19(5-3-18)25(28,29)30/h2-7,12,15-17,40H,8-11,13-14H2,1H3/t17-,24-/m1/s1. The van der Waals surface area contributed by atoms with Gasteiger partial charge in [-0.05, 0) is 35.9 Å². The van der Waals surface area contributed by atoms with E-state index in [9.17, 15) is 27.1 Å². The molecule has 1 aliphatic heterocycles. The highest BCUT2D eigenvalue weighted by molar-refractivity contribution is 5.30. The molecule has 0 radical (unpaired) electrons. The summed E-state index contributed by atoms with van der Waals surface area (Å²) < 4.78 is 68.3. The average Bonchev–Trinajstić information content (AvgIpc) is 3.60. The third-order valence-corrected chi connectivity index (χ3v) is 7.15. The molecule has 1 saturated heterocycles. The molecule has 5 rings (SSSR count). The second-order valence-corrected chi connectivity index (χ2v) is 9.65. The number of benzene rings is 2. The Kier molecular flexibility index (Phi) is 7.51. The number of tetrazole rings is 1. The van der Waals surface area contributed by atoms with E-state index in [-0.39, 0.29) is 18.7 Å². The van der Waals surface area contributed by atoms with Gasteiger partial charge in [0.05, 0.1) is 18.7 Å². The first-order valence-corrected chi connectivity index (χ1v) is 12.5. The van der Waals surface area contributed by atoms with Gasteiger partial charge in [-0.15, -0.1) is 5.10 Å². The highest BCUT2D eigenvalue weighted by atomic mass is 19.4. The maximum absolute atomic E-state index is 14.9. The van der Waals surface area contributed by atoms with E-state index in [0.717, 1.165) is 24.3 Å². The van der Waals surface area contributed by atoms with Crippen LogP contribution in [-0.4, -0.2) is 77.2 Å².